The van der Waals surface area contributed by atoms with Gasteiger partial charge in [-0.25, -0.2) is 0 Å². The van der Waals surface area contributed by atoms with Crippen LogP contribution in [-0.2, 0) is 17.6 Å². The van der Waals surface area contributed by atoms with E-state index in [1.165, 1.54) is 27.7 Å². The van der Waals surface area contributed by atoms with Crippen molar-refractivity contribution in [2.75, 3.05) is 12.4 Å². The van der Waals surface area contributed by atoms with Gasteiger partial charge in [-0.05, 0) is 68.1 Å². The standard InChI is InChI=1S/C21H22N2O2/c1-13-3-9-19-17(11-13)18-12-14(4-10-20(18)23-19)21(24)22-15-5-7-16(25-2)8-6-15/h3,5-9,11,14,23H,4,10,12H2,1-2H3,(H,22,24). The third-order valence-electron chi connectivity index (χ3n) is 5.07. The number of hydrogen-bond donors (Lipinski definition) is 2. The third kappa shape index (κ3) is 3.00. The fraction of sp³-hybridized carbons (Fsp3) is 0.286. The molecule has 1 aromatic heterocycles. The summed E-state index contributed by atoms with van der Waals surface area (Å²) in [5.74, 6) is 0.890. The molecule has 0 bridgehead atoms. The molecule has 4 nitrogen and oxygen atoms in total. The Balaban J connectivity index is 1.53. The lowest BCUT2D eigenvalue weighted by Gasteiger charge is -2.22. The van der Waals surface area contributed by atoms with Gasteiger partial charge in [0.05, 0.1) is 7.11 Å². The van der Waals surface area contributed by atoms with Crippen LogP contribution in [0.4, 0.5) is 5.69 Å². The Kier molecular flexibility index (Phi) is 3.96. The topological polar surface area (TPSA) is 54.1 Å². The number of ether oxygens (including phenoxy) is 1. The second kappa shape index (κ2) is 6.28. The lowest BCUT2D eigenvalue weighted by molar-refractivity contribution is -0.120. The summed E-state index contributed by atoms with van der Waals surface area (Å²) in [7, 11) is 1.64. The molecule has 0 saturated carbocycles. The number of amides is 1. The van der Waals surface area contributed by atoms with Crippen LogP contribution in [0.2, 0.25) is 0 Å². The van der Waals surface area contributed by atoms with E-state index in [2.05, 4.69) is 35.4 Å². The molecule has 2 aromatic carbocycles. The fourth-order valence-electron chi connectivity index (χ4n) is 3.67. The minimum absolute atomic E-state index is 0.00844. The van der Waals surface area contributed by atoms with Gasteiger partial charge in [0.1, 0.15) is 5.75 Å². The average Bonchev–Trinajstić information content (AvgIpc) is 2.99. The predicted octanol–water partition coefficient (Wildman–Crippen LogP) is 4.23. The van der Waals surface area contributed by atoms with Gasteiger partial charge in [0.25, 0.3) is 0 Å². The second-order valence-electron chi connectivity index (χ2n) is 6.79. The molecule has 0 fully saturated rings. The summed E-state index contributed by atoms with van der Waals surface area (Å²) in [5, 5.41) is 4.30. The first-order valence-corrected chi connectivity index (χ1v) is 8.69. The summed E-state index contributed by atoms with van der Waals surface area (Å²) < 4.78 is 5.16. The maximum atomic E-state index is 12.7. The number of anilines is 1. The number of carbonyl (C=O) groups is 1. The summed E-state index contributed by atoms with van der Waals surface area (Å²) in [6.45, 7) is 2.11. The number of carbonyl (C=O) groups excluding carboxylic acids is 1. The van der Waals surface area contributed by atoms with Crippen LogP contribution in [0.3, 0.4) is 0 Å². The number of aromatic nitrogens is 1. The maximum Gasteiger partial charge on any atom is 0.227 e. The zero-order valence-corrected chi connectivity index (χ0v) is 14.6. The van der Waals surface area contributed by atoms with Gasteiger partial charge in [0.2, 0.25) is 5.91 Å². The molecule has 4 rings (SSSR count). The summed E-state index contributed by atoms with van der Waals surface area (Å²) in [4.78, 5) is 16.2. The number of hydrogen-bond acceptors (Lipinski definition) is 2. The molecule has 1 amide bonds. The van der Waals surface area contributed by atoms with Crippen molar-refractivity contribution < 1.29 is 9.53 Å². The normalized spacial score (nSPS) is 16.5. The van der Waals surface area contributed by atoms with Crippen LogP contribution < -0.4 is 10.1 Å². The van der Waals surface area contributed by atoms with Gasteiger partial charge < -0.3 is 15.0 Å². The third-order valence-corrected chi connectivity index (χ3v) is 5.07. The minimum Gasteiger partial charge on any atom is -0.497 e. The van der Waals surface area contributed by atoms with Gasteiger partial charge in [0.15, 0.2) is 0 Å². The number of nitrogens with one attached hydrogen (secondary N) is 2. The van der Waals surface area contributed by atoms with Crippen molar-refractivity contribution in [1.82, 2.24) is 4.98 Å². The highest BCUT2D eigenvalue weighted by molar-refractivity contribution is 5.94. The van der Waals surface area contributed by atoms with E-state index in [9.17, 15) is 4.79 Å². The Hall–Kier alpha value is -2.75. The first-order valence-electron chi connectivity index (χ1n) is 8.69. The predicted molar refractivity (Wildman–Crippen MR) is 100 cm³/mol. The Labute approximate surface area is 147 Å². The van der Waals surface area contributed by atoms with Gasteiger partial charge >= 0.3 is 0 Å². The van der Waals surface area contributed by atoms with E-state index in [-0.39, 0.29) is 11.8 Å². The quantitative estimate of drug-likeness (QED) is 0.753. The van der Waals surface area contributed by atoms with Gasteiger partial charge in [-0.15, -0.1) is 0 Å². The van der Waals surface area contributed by atoms with Crippen molar-refractivity contribution in [3.63, 3.8) is 0 Å². The van der Waals surface area contributed by atoms with Crippen LogP contribution in [0.15, 0.2) is 42.5 Å². The zero-order chi connectivity index (χ0) is 17.4. The molecular weight excluding hydrogens is 312 g/mol. The average molecular weight is 334 g/mol. The SMILES string of the molecule is COc1ccc(NC(=O)C2CCc3[nH]c4ccc(C)cc4c3C2)cc1. The monoisotopic (exact) mass is 334 g/mol. The Morgan fingerprint density at radius 3 is 2.76 bits per heavy atom. The van der Waals surface area contributed by atoms with Crippen molar-refractivity contribution in [3.05, 3.63) is 59.3 Å². The molecule has 128 valence electrons. The number of H-pyrrole nitrogens is 1. The Bertz CT molecular complexity index is 925. The van der Waals surface area contributed by atoms with Crippen molar-refractivity contribution in [3.8, 4) is 5.75 Å². The van der Waals surface area contributed by atoms with Gasteiger partial charge in [-0.3, -0.25) is 4.79 Å². The van der Waals surface area contributed by atoms with E-state index in [1.807, 2.05) is 24.3 Å². The van der Waals surface area contributed by atoms with Gasteiger partial charge in [-0.1, -0.05) is 11.6 Å². The molecule has 0 spiro atoms. The summed E-state index contributed by atoms with van der Waals surface area (Å²) in [6, 6.07) is 13.9. The van der Waals surface area contributed by atoms with E-state index in [0.29, 0.717) is 0 Å². The molecule has 3 aromatic rings. The fourth-order valence-corrected chi connectivity index (χ4v) is 3.67. The molecule has 1 heterocycles. The first-order chi connectivity index (χ1) is 12.1. The first kappa shape index (κ1) is 15.8. The van der Waals surface area contributed by atoms with E-state index in [0.717, 1.165) is 30.7 Å². The van der Waals surface area contributed by atoms with Crippen LogP contribution in [-0.4, -0.2) is 18.0 Å². The molecule has 25 heavy (non-hydrogen) atoms. The van der Waals surface area contributed by atoms with Crippen molar-refractivity contribution in [2.24, 2.45) is 5.92 Å². The highest BCUT2D eigenvalue weighted by Gasteiger charge is 2.27. The molecule has 1 atom stereocenters. The summed E-state index contributed by atoms with van der Waals surface area (Å²) in [5.41, 5.74) is 5.83. The summed E-state index contributed by atoms with van der Waals surface area (Å²) in [6.07, 6.45) is 2.59. The number of methoxy groups -OCH3 is 1. The van der Waals surface area contributed by atoms with Gasteiger partial charge in [-0.2, -0.15) is 0 Å². The number of aromatic amines is 1. The Morgan fingerprint density at radius 2 is 2.00 bits per heavy atom. The van der Waals surface area contributed by atoms with E-state index in [4.69, 9.17) is 4.74 Å². The van der Waals surface area contributed by atoms with Crippen LogP contribution in [0, 0.1) is 12.8 Å². The lowest BCUT2D eigenvalue weighted by Crippen LogP contribution is -2.28. The van der Waals surface area contributed by atoms with Crippen molar-refractivity contribution in [1.29, 1.82) is 0 Å². The number of rotatable bonds is 3. The zero-order valence-electron chi connectivity index (χ0n) is 14.6. The molecule has 0 saturated heterocycles. The minimum atomic E-state index is 0.00844. The second-order valence-corrected chi connectivity index (χ2v) is 6.79. The van der Waals surface area contributed by atoms with E-state index >= 15 is 0 Å². The van der Waals surface area contributed by atoms with Crippen LogP contribution in [0.5, 0.6) is 5.75 Å². The largest absolute Gasteiger partial charge is 0.497 e. The van der Waals surface area contributed by atoms with Crippen molar-refractivity contribution in [2.45, 2.75) is 26.2 Å². The highest BCUT2D eigenvalue weighted by Crippen LogP contribution is 2.33. The molecule has 0 radical (unpaired) electrons. The van der Waals surface area contributed by atoms with Crippen molar-refractivity contribution >= 4 is 22.5 Å². The van der Waals surface area contributed by atoms with Crippen LogP contribution in [0.25, 0.3) is 10.9 Å². The smallest absolute Gasteiger partial charge is 0.227 e. The van der Waals surface area contributed by atoms with E-state index < -0.39 is 0 Å². The maximum absolute atomic E-state index is 12.7. The molecule has 1 aliphatic rings. The Morgan fingerprint density at radius 1 is 1.20 bits per heavy atom. The molecule has 1 unspecified atom stereocenters. The lowest BCUT2D eigenvalue weighted by atomic mass is 9.85. The van der Waals surface area contributed by atoms with Gasteiger partial charge in [0, 0.05) is 28.2 Å². The molecular formula is C21H22N2O2. The number of benzene rings is 2. The molecule has 2 N–H and O–H groups in total. The number of aryl methyl sites for hydroxylation is 2. The summed E-state index contributed by atoms with van der Waals surface area (Å²) >= 11 is 0. The molecule has 0 aliphatic heterocycles. The number of fused-ring (bicyclic) bond motifs is 3. The highest BCUT2D eigenvalue weighted by atomic mass is 16.5. The molecule has 4 heteroatoms. The van der Waals surface area contributed by atoms with Crippen LogP contribution in [0.1, 0.15) is 23.2 Å². The molecule has 1 aliphatic carbocycles. The van der Waals surface area contributed by atoms with E-state index in [1.54, 1.807) is 7.11 Å². The van der Waals surface area contributed by atoms with Crippen LogP contribution >= 0.6 is 0 Å².